The van der Waals surface area contributed by atoms with Crippen molar-refractivity contribution in [3.8, 4) is 0 Å². The summed E-state index contributed by atoms with van der Waals surface area (Å²) in [5.74, 6) is -0.555. The molecule has 1 aromatic heterocycles. The van der Waals surface area contributed by atoms with Crippen LogP contribution >= 0.6 is 0 Å². The summed E-state index contributed by atoms with van der Waals surface area (Å²) in [5, 5.41) is 31.7. The molecular formula is C9H12N6O6. The largest absolute Gasteiger partial charge is 0.394 e. The number of nitrogens with zero attached hydrogens (tertiary/aromatic N) is 4. The van der Waals surface area contributed by atoms with Crippen molar-refractivity contribution in [2.24, 2.45) is 5.11 Å². The maximum atomic E-state index is 11.9. The molecule has 0 aromatic carbocycles. The van der Waals surface area contributed by atoms with Gasteiger partial charge in [0, 0.05) is 4.91 Å². The number of hydrogen-bond acceptors (Lipinski definition) is 8. The van der Waals surface area contributed by atoms with Gasteiger partial charge >= 0.3 is 5.69 Å². The van der Waals surface area contributed by atoms with Crippen molar-refractivity contribution >= 4 is 11.5 Å². The second-order valence-electron chi connectivity index (χ2n) is 4.28. The summed E-state index contributed by atoms with van der Waals surface area (Å²) in [7, 11) is 0. The monoisotopic (exact) mass is 300 g/mol. The van der Waals surface area contributed by atoms with Crippen molar-refractivity contribution in [1.82, 2.24) is 9.55 Å². The molecule has 1 saturated heterocycles. The second-order valence-corrected chi connectivity index (χ2v) is 4.28. The molecule has 2 heterocycles. The molecule has 6 N–H and O–H groups in total. The minimum atomic E-state index is -1.60. The highest BCUT2D eigenvalue weighted by Crippen LogP contribution is 2.32. The lowest BCUT2D eigenvalue weighted by Gasteiger charge is -2.19. The van der Waals surface area contributed by atoms with Crippen LogP contribution in [0.1, 0.15) is 6.23 Å². The highest BCUT2D eigenvalue weighted by Gasteiger charge is 2.44. The molecule has 0 radical (unpaired) electrons. The number of nitrogens with two attached hydrogens (primary N) is 1. The van der Waals surface area contributed by atoms with E-state index in [0.29, 0.717) is 4.57 Å². The summed E-state index contributed by atoms with van der Waals surface area (Å²) >= 11 is 0. The summed E-state index contributed by atoms with van der Waals surface area (Å²) in [6.07, 6.45) is -5.70. The number of hydrogen-bond donors (Lipinski definition) is 5. The highest BCUT2D eigenvalue weighted by atomic mass is 16.6. The summed E-state index contributed by atoms with van der Waals surface area (Å²) in [6, 6.07) is 0. The number of ether oxygens (including phenoxy) is 1. The Hall–Kier alpha value is -2.37. The number of H-pyrrole nitrogens is 1. The fourth-order valence-electron chi connectivity index (χ4n) is 2.03. The lowest BCUT2D eigenvalue weighted by Crippen LogP contribution is -2.38. The van der Waals surface area contributed by atoms with Gasteiger partial charge in [-0.25, -0.2) is 4.79 Å². The first-order valence-corrected chi connectivity index (χ1v) is 5.74. The third kappa shape index (κ3) is 2.37. The molecule has 0 saturated carbocycles. The normalized spacial score (nSPS) is 28.3. The third-order valence-electron chi connectivity index (χ3n) is 3.06. The Bertz CT molecular complexity index is 706. The van der Waals surface area contributed by atoms with E-state index in [1.165, 1.54) is 0 Å². The molecule has 0 spiro atoms. The molecule has 4 atom stereocenters. The van der Waals surface area contributed by atoms with Crippen LogP contribution in [-0.4, -0.2) is 49.8 Å². The van der Waals surface area contributed by atoms with Crippen molar-refractivity contribution in [2.75, 3.05) is 12.3 Å². The molecule has 2 rings (SSSR count). The van der Waals surface area contributed by atoms with E-state index in [0.717, 1.165) is 0 Å². The second kappa shape index (κ2) is 5.55. The van der Waals surface area contributed by atoms with Gasteiger partial charge in [-0.2, -0.15) is 0 Å². The van der Waals surface area contributed by atoms with Crippen LogP contribution in [0.15, 0.2) is 14.7 Å². The maximum absolute atomic E-state index is 11.9. The minimum Gasteiger partial charge on any atom is -0.394 e. The van der Waals surface area contributed by atoms with E-state index >= 15 is 0 Å². The van der Waals surface area contributed by atoms with Crippen LogP contribution in [0.2, 0.25) is 0 Å². The first-order valence-electron chi connectivity index (χ1n) is 5.74. The standard InChI is InChI=1S/C9H12N6O6/c10-3-6(13-14-11)15(9(20)12-7(3)19)8-5(18)4(17)2(1-16)21-8/h2,4-5,8,16-18H,1,10H2,(H,12,19,20)/t2-,4-,5-,8-/m1/s1. The molecule has 0 aliphatic carbocycles. The van der Waals surface area contributed by atoms with Crippen LogP contribution < -0.4 is 17.0 Å². The van der Waals surface area contributed by atoms with Gasteiger partial charge in [0.25, 0.3) is 5.56 Å². The fraction of sp³-hybridized carbons (Fsp3) is 0.556. The van der Waals surface area contributed by atoms with Crippen LogP contribution in [0, 0.1) is 0 Å². The first-order chi connectivity index (χ1) is 9.92. The van der Waals surface area contributed by atoms with Crippen LogP contribution in [0.5, 0.6) is 0 Å². The molecule has 0 amide bonds. The highest BCUT2D eigenvalue weighted by molar-refractivity contribution is 5.56. The minimum absolute atomic E-state index is 0.551. The van der Waals surface area contributed by atoms with Crippen LogP contribution in [0.25, 0.3) is 10.4 Å². The van der Waals surface area contributed by atoms with Gasteiger partial charge in [-0.15, -0.1) is 0 Å². The number of rotatable bonds is 3. The Morgan fingerprint density at radius 1 is 1.43 bits per heavy atom. The Balaban J connectivity index is 2.64. The SMILES string of the molecule is [N-]=[N+]=Nc1c(N)c(=O)[nH]c(=O)n1[C@@H]1O[C@H](CO)[C@@H](O)[C@H]1O. The summed E-state index contributed by atoms with van der Waals surface area (Å²) in [6.45, 7) is -0.612. The number of aromatic amines is 1. The zero-order chi connectivity index (χ0) is 15.7. The maximum Gasteiger partial charge on any atom is 0.331 e. The number of nitrogen functional groups attached to an aromatic ring is 1. The van der Waals surface area contributed by atoms with Gasteiger partial charge in [0.1, 0.15) is 29.8 Å². The predicted octanol–water partition coefficient (Wildman–Crippen LogP) is -2.33. The lowest BCUT2D eigenvalue weighted by atomic mass is 10.1. The predicted molar refractivity (Wildman–Crippen MR) is 67.6 cm³/mol. The van der Waals surface area contributed by atoms with E-state index in [2.05, 4.69) is 10.0 Å². The zero-order valence-corrected chi connectivity index (χ0v) is 10.4. The van der Waals surface area contributed by atoms with Gasteiger partial charge in [0.05, 0.1) is 6.61 Å². The van der Waals surface area contributed by atoms with Crippen molar-refractivity contribution in [2.45, 2.75) is 24.5 Å². The van der Waals surface area contributed by atoms with E-state index in [1.807, 2.05) is 4.98 Å². The number of azide groups is 1. The van der Waals surface area contributed by atoms with Crippen molar-refractivity contribution in [3.63, 3.8) is 0 Å². The quantitative estimate of drug-likeness (QED) is 0.234. The Kier molecular flexibility index (Phi) is 3.97. The molecular weight excluding hydrogens is 288 g/mol. The molecule has 1 fully saturated rings. The van der Waals surface area contributed by atoms with Gasteiger partial charge in [0.15, 0.2) is 6.23 Å². The molecule has 12 nitrogen and oxygen atoms in total. The lowest BCUT2D eigenvalue weighted by molar-refractivity contribution is -0.0540. The molecule has 1 aliphatic rings. The van der Waals surface area contributed by atoms with Crippen LogP contribution in [-0.2, 0) is 4.74 Å². The summed E-state index contributed by atoms with van der Waals surface area (Å²) in [5.41, 5.74) is 11.4. The molecule has 114 valence electrons. The summed E-state index contributed by atoms with van der Waals surface area (Å²) in [4.78, 5) is 27.6. The number of nitrogens with one attached hydrogen (secondary N) is 1. The average Bonchev–Trinajstić information content (AvgIpc) is 2.73. The van der Waals surface area contributed by atoms with Crippen LogP contribution in [0.3, 0.4) is 0 Å². The number of aliphatic hydroxyl groups excluding tert-OH is 3. The Labute approximate surface area is 115 Å². The molecule has 1 aliphatic heterocycles. The topological polar surface area (TPSA) is 200 Å². The van der Waals surface area contributed by atoms with E-state index in [4.69, 9.17) is 21.1 Å². The van der Waals surface area contributed by atoms with E-state index in [9.17, 15) is 19.8 Å². The molecule has 1 aromatic rings. The Morgan fingerprint density at radius 3 is 2.62 bits per heavy atom. The van der Waals surface area contributed by atoms with Crippen LogP contribution in [0.4, 0.5) is 11.5 Å². The fourth-order valence-corrected chi connectivity index (χ4v) is 2.03. The molecule has 21 heavy (non-hydrogen) atoms. The number of aromatic nitrogens is 2. The van der Waals surface area contributed by atoms with Crippen molar-refractivity contribution in [1.29, 1.82) is 0 Å². The molecule has 0 unspecified atom stereocenters. The van der Waals surface area contributed by atoms with Gasteiger partial charge in [-0.1, -0.05) is 0 Å². The Morgan fingerprint density at radius 2 is 2.10 bits per heavy atom. The van der Waals surface area contributed by atoms with E-state index in [-0.39, 0.29) is 0 Å². The smallest absolute Gasteiger partial charge is 0.331 e. The van der Waals surface area contributed by atoms with Gasteiger partial charge in [-0.05, 0) is 10.6 Å². The van der Waals surface area contributed by atoms with Gasteiger partial charge in [-0.3, -0.25) is 14.3 Å². The van der Waals surface area contributed by atoms with Gasteiger partial charge < -0.3 is 25.8 Å². The molecule has 0 bridgehead atoms. The summed E-state index contributed by atoms with van der Waals surface area (Å²) < 4.78 is 5.75. The number of anilines is 1. The van der Waals surface area contributed by atoms with Gasteiger partial charge in [0.2, 0.25) is 0 Å². The zero-order valence-electron chi connectivity index (χ0n) is 10.4. The average molecular weight is 300 g/mol. The van der Waals surface area contributed by atoms with Crippen molar-refractivity contribution in [3.05, 3.63) is 31.3 Å². The third-order valence-corrected chi connectivity index (χ3v) is 3.06. The molecule has 12 heteroatoms. The number of aliphatic hydroxyl groups is 3. The first kappa shape index (κ1) is 15.0. The van der Waals surface area contributed by atoms with Crippen molar-refractivity contribution < 1.29 is 20.1 Å². The van der Waals surface area contributed by atoms with E-state index in [1.54, 1.807) is 0 Å². The van der Waals surface area contributed by atoms with E-state index < -0.39 is 53.9 Å².